The molecule has 28 heavy (non-hydrogen) atoms. The summed E-state index contributed by atoms with van der Waals surface area (Å²) in [7, 11) is 0. The fourth-order valence-electron chi connectivity index (χ4n) is 5.08. The largest absolute Gasteiger partial charge is 0.391 e. The highest BCUT2D eigenvalue weighted by Crippen LogP contribution is 2.42. The molecule has 2 aromatic heterocycles. The van der Waals surface area contributed by atoms with E-state index in [2.05, 4.69) is 25.9 Å². The highest BCUT2D eigenvalue weighted by molar-refractivity contribution is 7.12. The van der Waals surface area contributed by atoms with Crippen molar-refractivity contribution in [1.82, 2.24) is 14.5 Å². The normalized spacial score (nSPS) is 27.9. The molecule has 1 aliphatic carbocycles. The Balaban J connectivity index is 1.30. The first kappa shape index (κ1) is 18.0. The minimum absolute atomic E-state index is 0.0964. The zero-order valence-electron chi connectivity index (χ0n) is 16.0. The van der Waals surface area contributed by atoms with Crippen LogP contribution in [0.15, 0.2) is 42.0 Å². The van der Waals surface area contributed by atoms with Gasteiger partial charge in [0.2, 0.25) is 0 Å². The summed E-state index contributed by atoms with van der Waals surface area (Å²) in [5.74, 6) is 1.29. The molecule has 0 unspecified atom stereocenters. The summed E-state index contributed by atoms with van der Waals surface area (Å²) in [5.41, 5.74) is 3.32. The van der Waals surface area contributed by atoms with Crippen LogP contribution in [0.4, 0.5) is 0 Å². The minimum atomic E-state index is -0.329. The van der Waals surface area contributed by atoms with E-state index in [0.29, 0.717) is 11.8 Å². The number of aliphatic hydroxyl groups is 1. The summed E-state index contributed by atoms with van der Waals surface area (Å²) in [5, 5.41) is 13.0. The number of likely N-dealkylation sites (tertiary alicyclic amines) is 1. The van der Waals surface area contributed by atoms with Gasteiger partial charge in [-0.25, -0.2) is 4.98 Å². The van der Waals surface area contributed by atoms with Crippen LogP contribution in [-0.4, -0.2) is 44.5 Å². The number of hydrogen-bond donors (Lipinski definition) is 1. The Labute approximate surface area is 168 Å². The van der Waals surface area contributed by atoms with Crippen molar-refractivity contribution in [2.45, 2.75) is 38.5 Å². The lowest BCUT2D eigenvalue weighted by Crippen LogP contribution is -2.36. The molecule has 1 aliphatic heterocycles. The van der Waals surface area contributed by atoms with Gasteiger partial charge in [0.15, 0.2) is 5.78 Å². The molecule has 2 aliphatic rings. The van der Waals surface area contributed by atoms with Gasteiger partial charge in [0, 0.05) is 19.6 Å². The first-order chi connectivity index (χ1) is 13.6. The Hall–Kier alpha value is -2.02. The van der Waals surface area contributed by atoms with E-state index in [4.69, 9.17) is 0 Å². The first-order valence-corrected chi connectivity index (χ1v) is 10.9. The van der Waals surface area contributed by atoms with E-state index in [9.17, 15) is 9.90 Å². The zero-order valence-corrected chi connectivity index (χ0v) is 16.8. The topological polar surface area (TPSA) is 58.4 Å². The van der Waals surface area contributed by atoms with Gasteiger partial charge >= 0.3 is 0 Å². The molecule has 0 amide bonds. The summed E-state index contributed by atoms with van der Waals surface area (Å²) in [6.45, 7) is 4.61. The Bertz CT molecular complexity index is 1010. The number of carbonyl (C=O) groups excluding carboxylic acids is 1. The molecule has 3 heterocycles. The average Bonchev–Trinajstić information content (AvgIpc) is 3.39. The van der Waals surface area contributed by atoms with Crippen LogP contribution in [0.5, 0.6) is 0 Å². The molecular weight excluding hydrogens is 370 g/mol. The maximum atomic E-state index is 11.5. The van der Waals surface area contributed by atoms with Crippen LogP contribution in [0.1, 0.15) is 41.0 Å². The van der Waals surface area contributed by atoms with Crippen molar-refractivity contribution in [3.63, 3.8) is 0 Å². The number of aliphatic hydroxyl groups excluding tert-OH is 1. The highest BCUT2D eigenvalue weighted by Gasteiger charge is 2.42. The Morgan fingerprint density at radius 1 is 1.25 bits per heavy atom. The number of imidazole rings is 1. The number of benzene rings is 1. The SMILES string of the molecule is CC(=O)c1cc(CN2C[C@H]3C[C@@H](n4cnc5ccccc54)[C@H](O)C[C@H]3C2)cs1. The van der Waals surface area contributed by atoms with Crippen LogP contribution in [-0.2, 0) is 6.54 Å². The van der Waals surface area contributed by atoms with Crippen LogP contribution in [0.2, 0.25) is 0 Å². The van der Waals surface area contributed by atoms with E-state index in [1.165, 1.54) is 5.56 Å². The number of hydrogen-bond acceptors (Lipinski definition) is 5. The maximum Gasteiger partial charge on any atom is 0.169 e. The molecule has 5 rings (SSSR count). The molecule has 1 N–H and O–H groups in total. The summed E-state index contributed by atoms with van der Waals surface area (Å²) in [4.78, 5) is 19.4. The smallest absolute Gasteiger partial charge is 0.169 e. The first-order valence-electron chi connectivity index (χ1n) is 9.99. The zero-order chi connectivity index (χ0) is 19.3. The van der Waals surface area contributed by atoms with Crippen LogP contribution >= 0.6 is 11.3 Å². The molecule has 0 bridgehead atoms. The Kier molecular flexibility index (Phi) is 4.57. The van der Waals surface area contributed by atoms with Crippen molar-refractivity contribution < 1.29 is 9.90 Å². The van der Waals surface area contributed by atoms with Crippen molar-refractivity contribution in [3.05, 3.63) is 52.5 Å². The molecule has 2 fully saturated rings. The van der Waals surface area contributed by atoms with Crippen molar-refractivity contribution in [3.8, 4) is 0 Å². The van der Waals surface area contributed by atoms with Gasteiger partial charge in [0.05, 0.1) is 34.4 Å². The fraction of sp³-hybridized carbons (Fsp3) is 0.455. The van der Waals surface area contributed by atoms with Crippen molar-refractivity contribution in [2.75, 3.05) is 13.1 Å². The van der Waals surface area contributed by atoms with Crippen LogP contribution in [0.25, 0.3) is 11.0 Å². The van der Waals surface area contributed by atoms with Crippen molar-refractivity contribution in [2.24, 2.45) is 11.8 Å². The summed E-state index contributed by atoms with van der Waals surface area (Å²) in [6, 6.07) is 10.3. The second kappa shape index (κ2) is 7.10. The Morgan fingerprint density at radius 3 is 2.82 bits per heavy atom. The van der Waals surface area contributed by atoms with E-state index in [1.807, 2.05) is 30.6 Å². The lowest BCUT2D eigenvalue weighted by molar-refractivity contribution is 0.0374. The lowest BCUT2D eigenvalue weighted by Gasteiger charge is -2.36. The number of nitrogens with zero attached hydrogens (tertiary/aromatic N) is 3. The predicted octanol–water partition coefficient (Wildman–Crippen LogP) is 3.74. The van der Waals surface area contributed by atoms with Crippen molar-refractivity contribution >= 4 is 28.2 Å². The third-order valence-electron chi connectivity index (χ3n) is 6.43. The van der Waals surface area contributed by atoms with Gasteiger partial charge in [-0.05, 0) is 60.7 Å². The van der Waals surface area contributed by atoms with Gasteiger partial charge in [0.1, 0.15) is 0 Å². The molecule has 5 nitrogen and oxygen atoms in total. The molecule has 0 spiro atoms. The van der Waals surface area contributed by atoms with E-state index in [1.54, 1.807) is 18.3 Å². The molecule has 1 saturated carbocycles. The molecule has 4 atom stereocenters. The predicted molar refractivity (Wildman–Crippen MR) is 111 cm³/mol. The van der Waals surface area contributed by atoms with Gasteiger partial charge in [0.25, 0.3) is 0 Å². The summed E-state index contributed by atoms with van der Waals surface area (Å²) in [6.07, 6.45) is 3.40. The number of para-hydroxylation sites is 2. The van der Waals surface area contributed by atoms with Crippen LogP contribution < -0.4 is 0 Å². The molecule has 146 valence electrons. The fourth-order valence-corrected chi connectivity index (χ4v) is 5.88. The number of thiophene rings is 1. The second-order valence-electron chi connectivity index (χ2n) is 8.34. The molecule has 6 heteroatoms. The average molecular weight is 396 g/mol. The molecule has 3 aromatic rings. The molecular formula is C22H25N3O2S. The number of rotatable bonds is 4. The van der Waals surface area contributed by atoms with E-state index in [0.717, 1.165) is 48.4 Å². The van der Waals surface area contributed by atoms with Crippen LogP contribution in [0.3, 0.4) is 0 Å². The van der Waals surface area contributed by atoms with Gasteiger partial charge < -0.3 is 9.67 Å². The van der Waals surface area contributed by atoms with Gasteiger partial charge in [-0.15, -0.1) is 11.3 Å². The quantitative estimate of drug-likeness (QED) is 0.684. The van der Waals surface area contributed by atoms with Gasteiger partial charge in [-0.2, -0.15) is 0 Å². The van der Waals surface area contributed by atoms with Gasteiger partial charge in [-0.1, -0.05) is 12.1 Å². The maximum absolute atomic E-state index is 11.5. The number of aromatic nitrogens is 2. The molecule has 0 radical (unpaired) electrons. The number of Topliss-reactive ketones (excluding diaryl/α,β-unsaturated/α-hetero) is 1. The number of fused-ring (bicyclic) bond motifs is 2. The van der Waals surface area contributed by atoms with E-state index >= 15 is 0 Å². The van der Waals surface area contributed by atoms with Gasteiger partial charge in [-0.3, -0.25) is 9.69 Å². The summed E-state index contributed by atoms with van der Waals surface area (Å²) < 4.78 is 2.18. The number of carbonyl (C=O) groups is 1. The molecule has 1 aromatic carbocycles. The third kappa shape index (κ3) is 3.19. The third-order valence-corrected chi connectivity index (χ3v) is 7.51. The standard InChI is InChI=1S/C22H25N3O2S/c1-14(26)22-6-15(12-28-22)9-24-10-16-7-20(21(27)8-17(16)11-24)25-13-23-18-4-2-3-5-19(18)25/h2-6,12-13,16-17,20-21,27H,7-11H2,1H3/t16-,17+,20-,21-/m1/s1. The van der Waals surface area contributed by atoms with E-state index in [-0.39, 0.29) is 17.9 Å². The number of ketones is 1. The summed E-state index contributed by atoms with van der Waals surface area (Å²) >= 11 is 1.54. The monoisotopic (exact) mass is 395 g/mol. The highest BCUT2D eigenvalue weighted by atomic mass is 32.1. The van der Waals surface area contributed by atoms with Crippen molar-refractivity contribution in [1.29, 1.82) is 0 Å². The van der Waals surface area contributed by atoms with E-state index < -0.39 is 0 Å². The van der Waals surface area contributed by atoms with Crippen LogP contribution in [0, 0.1) is 11.8 Å². The Morgan fingerprint density at radius 2 is 2.04 bits per heavy atom. The molecule has 1 saturated heterocycles. The minimum Gasteiger partial charge on any atom is -0.391 e. The lowest BCUT2D eigenvalue weighted by atomic mass is 9.77. The second-order valence-corrected chi connectivity index (χ2v) is 9.25.